The number of nitrogens with zero attached hydrogens (tertiary/aromatic N) is 3. The zero-order valence-corrected chi connectivity index (χ0v) is 17.9. The van der Waals surface area contributed by atoms with Crippen LogP contribution in [-0.4, -0.2) is 49.4 Å². The van der Waals surface area contributed by atoms with Crippen LogP contribution < -0.4 is 15.0 Å². The van der Waals surface area contributed by atoms with E-state index in [1.807, 2.05) is 18.0 Å². The summed E-state index contributed by atoms with van der Waals surface area (Å²) in [6, 6.07) is 14.3. The lowest BCUT2D eigenvalue weighted by Crippen LogP contribution is -2.37. The van der Waals surface area contributed by atoms with Crippen molar-refractivity contribution in [3.05, 3.63) is 77.9 Å². The predicted molar refractivity (Wildman–Crippen MR) is 117 cm³/mol. The molecule has 0 atom stereocenters. The first-order valence-electron chi connectivity index (χ1n) is 9.81. The van der Waals surface area contributed by atoms with Crippen LogP contribution in [0, 0.1) is 0 Å². The lowest BCUT2D eigenvalue weighted by atomic mass is 10.1. The van der Waals surface area contributed by atoms with Crippen LogP contribution in [0.1, 0.15) is 21.7 Å². The topological polar surface area (TPSA) is 87.9 Å². The molecule has 3 aromatic rings. The van der Waals surface area contributed by atoms with Crippen molar-refractivity contribution in [1.29, 1.82) is 0 Å². The first-order chi connectivity index (χ1) is 15.0. The Labute approximate surface area is 181 Å². The van der Waals surface area contributed by atoms with E-state index in [9.17, 15) is 9.59 Å². The Hall–Kier alpha value is -3.65. The van der Waals surface area contributed by atoms with Crippen molar-refractivity contribution in [1.82, 2.24) is 15.2 Å². The molecule has 0 bridgehead atoms. The maximum absolute atomic E-state index is 12.9. The maximum Gasteiger partial charge on any atom is 0.253 e. The number of benzene rings is 1. The molecule has 162 valence electrons. The van der Waals surface area contributed by atoms with Crippen LogP contribution in [0.3, 0.4) is 0 Å². The molecule has 0 radical (unpaired) electrons. The average molecular weight is 422 g/mol. The van der Waals surface area contributed by atoms with Gasteiger partial charge < -0.3 is 19.4 Å². The average Bonchev–Trinajstić information content (AvgIpc) is 3.31. The van der Waals surface area contributed by atoms with Gasteiger partial charge in [0.15, 0.2) is 0 Å². The lowest BCUT2D eigenvalue weighted by molar-refractivity contribution is -0.119. The Kier molecular flexibility index (Phi) is 7.40. The normalized spacial score (nSPS) is 10.7. The van der Waals surface area contributed by atoms with Crippen molar-refractivity contribution >= 4 is 17.5 Å². The van der Waals surface area contributed by atoms with E-state index < -0.39 is 0 Å². The van der Waals surface area contributed by atoms with Gasteiger partial charge in [0.1, 0.15) is 5.76 Å². The largest absolute Gasteiger partial charge is 0.481 e. The van der Waals surface area contributed by atoms with Crippen molar-refractivity contribution in [3.63, 3.8) is 0 Å². The number of hydrogen-bond donors (Lipinski definition) is 1. The molecule has 2 amide bonds. The van der Waals surface area contributed by atoms with Crippen molar-refractivity contribution in [2.75, 3.05) is 32.6 Å². The van der Waals surface area contributed by atoms with Gasteiger partial charge in [-0.1, -0.05) is 18.2 Å². The van der Waals surface area contributed by atoms with Crippen molar-refractivity contribution in [2.45, 2.75) is 13.1 Å². The van der Waals surface area contributed by atoms with E-state index in [1.165, 1.54) is 4.90 Å². The number of carbonyl (C=O) groups excluding carboxylic acids is 2. The highest BCUT2D eigenvalue weighted by molar-refractivity contribution is 6.04. The summed E-state index contributed by atoms with van der Waals surface area (Å²) in [5.41, 5.74) is 1.94. The van der Waals surface area contributed by atoms with Gasteiger partial charge in [-0.05, 0) is 36.9 Å². The molecule has 0 aliphatic rings. The highest BCUT2D eigenvalue weighted by atomic mass is 16.5. The Morgan fingerprint density at radius 1 is 1.10 bits per heavy atom. The number of aromatic nitrogens is 1. The molecule has 0 unspecified atom stereocenters. The minimum atomic E-state index is -0.274. The number of hydrogen-bond acceptors (Lipinski definition) is 6. The summed E-state index contributed by atoms with van der Waals surface area (Å²) in [7, 11) is 5.10. The molecule has 0 aliphatic carbocycles. The number of ether oxygens (including phenoxy) is 1. The first kappa shape index (κ1) is 22.0. The van der Waals surface area contributed by atoms with E-state index in [0.29, 0.717) is 29.4 Å². The van der Waals surface area contributed by atoms with Gasteiger partial charge >= 0.3 is 0 Å². The summed E-state index contributed by atoms with van der Waals surface area (Å²) in [4.78, 5) is 33.1. The van der Waals surface area contributed by atoms with Crippen LogP contribution in [0.2, 0.25) is 0 Å². The Morgan fingerprint density at radius 2 is 1.90 bits per heavy atom. The number of methoxy groups -OCH3 is 1. The molecule has 31 heavy (non-hydrogen) atoms. The summed E-state index contributed by atoms with van der Waals surface area (Å²) < 4.78 is 10.3. The van der Waals surface area contributed by atoms with Crippen LogP contribution in [-0.2, 0) is 17.9 Å². The molecule has 2 heterocycles. The minimum absolute atomic E-state index is 0.129. The molecule has 1 N–H and O–H groups in total. The summed E-state index contributed by atoms with van der Waals surface area (Å²) in [6.07, 6.45) is 3.28. The summed E-state index contributed by atoms with van der Waals surface area (Å²) in [5, 5.41) is 2.82. The smallest absolute Gasteiger partial charge is 0.253 e. The van der Waals surface area contributed by atoms with Gasteiger partial charge in [0.05, 0.1) is 37.7 Å². The van der Waals surface area contributed by atoms with Crippen LogP contribution >= 0.6 is 0 Å². The van der Waals surface area contributed by atoms with Gasteiger partial charge in [0.2, 0.25) is 11.8 Å². The van der Waals surface area contributed by atoms with Crippen molar-refractivity contribution < 1.29 is 18.7 Å². The van der Waals surface area contributed by atoms with Gasteiger partial charge in [0.25, 0.3) is 5.91 Å². The fraction of sp³-hybridized carbons (Fsp3) is 0.261. The Balaban J connectivity index is 1.62. The molecule has 0 spiro atoms. The predicted octanol–water partition coefficient (Wildman–Crippen LogP) is 2.71. The van der Waals surface area contributed by atoms with E-state index in [4.69, 9.17) is 9.15 Å². The van der Waals surface area contributed by atoms with Crippen LogP contribution in [0.15, 0.2) is 65.4 Å². The summed E-state index contributed by atoms with van der Waals surface area (Å²) >= 11 is 0. The number of likely N-dealkylation sites (N-methyl/N-ethyl adjacent to an activating group) is 2. The number of anilines is 1. The molecule has 1 aromatic carbocycles. The molecule has 0 saturated carbocycles. The molecular weight excluding hydrogens is 396 g/mol. The second kappa shape index (κ2) is 10.4. The maximum atomic E-state index is 12.9. The molecule has 0 aliphatic heterocycles. The van der Waals surface area contributed by atoms with Gasteiger partial charge in [-0.15, -0.1) is 0 Å². The molecule has 8 nitrogen and oxygen atoms in total. The van der Waals surface area contributed by atoms with Crippen molar-refractivity contribution in [3.8, 4) is 5.88 Å². The number of amides is 2. The third-order valence-electron chi connectivity index (χ3n) is 4.75. The third-order valence-corrected chi connectivity index (χ3v) is 4.75. The molecule has 3 rings (SSSR count). The highest BCUT2D eigenvalue weighted by Gasteiger charge is 2.19. The standard InChI is InChI=1S/C23H26N4O4/c1-26(15-17-10-11-21(30-3)24-13-17)16-22(28)27(2)20-9-5-4-8-19(20)23(29)25-14-18-7-6-12-31-18/h4-13H,14-16H2,1-3H3,(H,25,29). The third kappa shape index (κ3) is 5.93. The monoisotopic (exact) mass is 422 g/mol. The highest BCUT2D eigenvalue weighted by Crippen LogP contribution is 2.20. The van der Waals surface area contributed by atoms with E-state index in [-0.39, 0.29) is 24.9 Å². The second-order valence-electron chi connectivity index (χ2n) is 7.11. The van der Waals surface area contributed by atoms with Crippen LogP contribution in [0.5, 0.6) is 5.88 Å². The number of furan rings is 1. The molecular formula is C23H26N4O4. The Bertz CT molecular complexity index is 1000. The number of pyridine rings is 1. The fourth-order valence-electron chi connectivity index (χ4n) is 3.10. The first-order valence-corrected chi connectivity index (χ1v) is 9.81. The van der Waals surface area contributed by atoms with E-state index in [1.54, 1.807) is 69.1 Å². The zero-order chi connectivity index (χ0) is 22.2. The van der Waals surface area contributed by atoms with Gasteiger partial charge in [-0.3, -0.25) is 14.5 Å². The van der Waals surface area contributed by atoms with E-state index in [0.717, 1.165) is 5.56 Å². The van der Waals surface area contributed by atoms with Crippen LogP contribution in [0.4, 0.5) is 5.69 Å². The second-order valence-corrected chi connectivity index (χ2v) is 7.11. The summed E-state index contributed by atoms with van der Waals surface area (Å²) in [6.45, 7) is 1.02. The van der Waals surface area contributed by atoms with E-state index in [2.05, 4.69) is 10.3 Å². The van der Waals surface area contributed by atoms with E-state index >= 15 is 0 Å². The fourth-order valence-corrected chi connectivity index (χ4v) is 3.10. The number of rotatable bonds is 9. The Morgan fingerprint density at radius 3 is 2.58 bits per heavy atom. The van der Waals surface area contributed by atoms with Gasteiger partial charge in [-0.25, -0.2) is 4.98 Å². The van der Waals surface area contributed by atoms with Gasteiger partial charge in [-0.2, -0.15) is 0 Å². The zero-order valence-electron chi connectivity index (χ0n) is 17.9. The van der Waals surface area contributed by atoms with Crippen LogP contribution in [0.25, 0.3) is 0 Å². The van der Waals surface area contributed by atoms with Crippen molar-refractivity contribution in [2.24, 2.45) is 0 Å². The SMILES string of the molecule is COc1ccc(CN(C)CC(=O)N(C)c2ccccc2C(=O)NCc2ccco2)cn1. The molecule has 0 fully saturated rings. The number of nitrogens with one attached hydrogen (secondary N) is 1. The molecule has 2 aromatic heterocycles. The number of carbonyl (C=O) groups is 2. The van der Waals surface area contributed by atoms with Gasteiger partial charge in [0, 0.05) is 25.9 Å². The quantitative estimate of drug-likeness (QED) is 0.571. The summed E-state index contributed by atoms with van der Waals surface area (Å²) in [5.74, 6) is 0.800. The molecule has 8 heteroatoms. The molecule has 0 saturated heterocycles. The number of para-hydroxylation sites is 1. The minimum Gasteiger partial charge on any atom is -0.481 e. The lowest BCUT2D eigenvalue weighted by Gasteiger charge is -2.23.